The molecule has 1 aliphatic heterocycles. The van der Waals surface area contributed by atoms with Crippen molar-refractivity contribution in [3.05, 3.63) is 45.8 Å². The lowest BCUT2D eigenvalue weighted by Gasteiger charge is -2.31. The zero-order valence-electron chi connectivity index (χ0n) is 19.3. The van der Waals surface area contributed by atoms with Crippen molar-refractivity contribution in [2.45, 2.75) is 26.5 Å². The third-order valence-electron chi connectivity index (χ3n) is 5.53. The van der Waals surface area contributed by atoms with Crippen LogP contribution in [0.4, 0.5) is 17.5 Å². The van der Waals surface area contributed by atoms with Crippen LogP contribution in [-0.4, -0.2) is 59.9 Å². The first kappa shape index (κ1) is 23.8. The van der Waals surface area contributed by atoms with Gasteiger partial charge >= 0.3 is 0 Å². The van der Waals surface area contributed by atoms with Crippen LogP contribution in [0.3, 0.4) is 0 Å². The van der Waals surface area contributed by atoms with Crippen LogP contribution in [0.2, 0.25) is 5.02 Å². The molecule has 3 heterocycles. The van der Waals surface area contributed by atoms with Gasteiger partial charge in [-0.15, -0.1) is 0 Å². The number of morpholine rings is 1. The van der Waals surface area contributed by atoms with Crippen LogP contribution in [0.15, 0.2) is 35.3 Å². The maximum absolute atomic E-state index is 12.8. The molecule has 0 radical (unpaired) electrons. The second-order valence-corrected chi connectivity index (χ2v) is 8.32. The third kappa shape index (κ3) is 5.07. The number of rotatable bonds is 7. The van der Waals surface area contributed by atoms with Gasteiger partial charge in [0.1, 0.15) is 5.02 Å². The highest BCUT2D eigenvalue weighted by Crippen LogP contribution is 2.28. The highest BCUT2D eigenvalue weighted by molar-refractivity contribution is 6.32. The van der Waals surface area contributed by atoms with Crippen LogP contribution in [0.25, 0.3) is 10.9 Å². The summed E-state index contributed by atoms with van der Waals surface area (Å²) in [5.74, 6) is 0.846. The molecule has 10 nitrogen and oxygen atoms in total. The normalized spacial score (nSPS) is 15.9. The Balaban J connectivity index is 1.65. The Morgan fingerprint density at radius 2 is 2.18 bits per heavy atom. The van der Waals surface area contributed by atoms with Crippen molar-refractivity contribution >= 4 is 45.9 Å². The number of aromatic nitrogens is 3. The molecule has 2 N–H and O–H groups in total. The molecule has 1 aromatic carbocycles. The molecular weight excluding hydrogens is 460 g/mol. The zero-order valence-corrected chi connectivity index (χ0v) is 20.1. The number of likely N-dealkylation sites (N-methyl/N-ethyl adjacent to an activating group) is 1. The lowest BCUT2D eigenvalue weighted by Crippen LogP contribution is -2.42. The van der Waals surface area contributed by atoms with Gasteiger partial charge in [-0.25, -0.2) is 4.98 Å². The van der Waals surface area contributed by atoms with E-state index in [1.807, 2.05) is 32.0 Å². The molecule has 180 valence electrons. The molecule has 1 saturated heterocycles. The third-order valence-corrected chi connectivity index (χ3v) is 5.81. The molecule has 2 aromatic heterocycles. The molecule has 0 saturated carbocycles. The standard InChI is InChI=1S/C23H27ClN6O4/c1-4-30-18-6-5-16(9-15(18)10-19(22(30)32)34-13-20(31)25-3)27-21-17(24)11-26-23(28-21)29-7-8-33-14(2)12-29/h5-6,9-11,14H,4,7-8,12-13H2,1-3H3,(H,25,31)(H,26,27,28). The van der Waals surface area contributed by atoms with Crippen molar-refractivity contribution in [2.75, 3.05) is 43.6 Å². The molecule has 1 amide bonds. The van der Waals surface area contributed by atoms with Gasteiger partial charge in [0.15, 0.2) is 18.2 Å². The van der Waals surface area contributed by atoms with Gasteiger partial charge < -0.3 is 29.6 Å². The van der Waals surface area contributed by atoms with Crippen molar-refractivity contribution in [1.29, 1.82) is 0 Å². The van der Waals surface area contributed by atoms with E-state index in [0.717, 1.165) is 16.6 Å². The first-order valence-corrected chi connectivity index (χ1v) is 11.4. The Kier molecular flexibility index (Phi) is 7.18. The van der Waals surface area contributed by atoms with Gasteiger partial charge in [0.25, 0.3) is 11.5 Å². The fraction of sp³-hybridized carbons (Fsp3) is 0.391. The Morgan fingerprint density at radius 3 is 2.91 bits per heavy atom. The van der Waals surface area contributed by atoms with Gasteiger partial charge in [0, 0.05) is 37.8 Å². The van der Waals surface area contributed by atoms with Crippen LogP contribution in [-0.2, 0) is 16.1 Å². The Labute approximate surface area is 201 Å². The van der Waals surface area contributed by atoms with Gasteiger partial charge in [-0.1, -0.05) is 11.6 Å². The lowest BCUT2D eigenvalue weighted by molar-refractivity contribution is -0.122. The van der Waals surface area contributed by atoms with E-state index in [0.29, 0.717) is 43.0 Å². The Morgan fingerprint density at radius 1 is 1.35 bits per heavy atom. The predicted molar refractivity (Wildman–Crippen MR) is 131 cm³/mol. The van der Waals surface area contributed by atoms with Gasteiger partial charge in [0.05, 0.1) is 24.4 Å². The fourth-order valence-electron chi connectivity index (χ4n) is 3.81. The molecule has 0 bridgehead atoms. The molecular formula is C23H27ClN6O4. The summed E-state index contributed by atoms with van der Waals surface area (Å²) >= 11 is 6.38. The fourth-order valence-corrected chi connectivity index (χ4v) is 3.94. The summed E-state index contributed by atoms with van der Waals surface area (Å²) in [6.07, 6.45) is 1.67. The van der Waals surface area contributed by atoms with Crippen molar-refractivity contribution in [3.63, 3.8) is 0 Å². The van der Waals surface area contributed by atoms with Crippen molar-refractivity contribution in [1.82, 2.24) is 19.9 Å². The number of fused-ring (bicyclic) bond motifs is 1. The largest absolute Gasteiger partial charge is 0.478 e. The van der Waals surface area contributed by atoms with Crippen LogP contribution < -0.4 is 25.8 Å². The summed E-state index contributed by atoms with van der Waals surface area (Å²) in [6.45, 7) is 6.13. The minimum Gasteiger partial charge on any atom is -0.478 e. The van der Waals surface area contributed by atoms with Crippen LogP contribution >= 0.6 is 11.6 Å². The monoisotopic (exact) mass is 486 g/mol. The van der Waals surface area contributed by atoms with E-state index < -0.39 is 0 Å². The van der Waals surface area contributed by atoms with E-state index in [-0.39, 0.29) is 29.9 Å². The topological polar surface area (TPSA) is 111 Å². The summed E-state index contributed by atoms with van der Waals surface area (Å²) in [5.41, 5.74) is 1.19. The van der Waals surface area contributed by atoms with Crippen molar-refractivity contribution in [3.8, 4) is 5.75 Å². The highest BCUT2D eigenvalue weighted by Gasteiger charge is 2.20. The maximum atomic E-state index is 12.8. The number of carbonyl (C=O) groups excluding carboxylic acids is 1. The Bertz CT molecular complexity index is 1260. The average Bonchev–Trinajstić information content (AvgIpc) is 2.84. The number of hydrogen-bond acceptors (Lipinski definition) is 8. The minimum atomic E-state index is -0.318. The van der Waals surface area contributed by atoms with E-state index in [1.165, 1.54) is 7.05 Å². The maximum Gasteiger partial charge on any atom is 0.293 e. The summed E-state index contributed by atoms with van der Waals surface area (Å²) in [7, 11) is 1.51. The predicted octanol–water partition coefficient (Wildman–Crippen LogP) is 2.56. The number of halogens is 1. The number of nitrogens with one attached hydrogen (secondary N) is 2. The summed E-state index contributed by atoms with van der Waals surface area (Å²) in [4.78, 5) is 35.4. The number of benzene rings is 1. The number of pyridine rings is 1. The Hall–Kier alpha value is -3.37. The van der Waals surface area contributed by atoms with Gasteiger partial charge in [-0.3, -0.25) is 9.59 Å². The first-order valence-electron chi connectivity index (χ1n) is 11.1. The lowest BCUT2D eigenvalue weighted by atomic mass is 10.1. The summed E-state index contributed by atoms with van der Waals surface area (Å²) in [6, 6.07) is 7.22. The van der Waals surface area contributed by atoms with E-state index in [2.05, 4.69) is 25.5 Å². The number of aryl methyl sites for hydroxylation is 1. The van der Waals surface area contributed by atoms with Gasteiger partial charge in [0.2, 0.25) is 5.95 Å². The van der Waals surface area contributed by atoms with Crippen LogP contribution in [0, 0.1) is 0 Å². The second-order valence-electron chi connectivity index (χ2n) is 7.91. The number of hydrogen-bond donors (Lipinski definition) is 2. The molecule has 1 fully saturated rings. The van der Waals surface area contributed by atoms with Crippen LogP contribution in [0.5, 0.6) is 5.75 Å². The quantitative estimate of drug-likeness (QED) is 0.524. The number of ether oxygens (including phenoxy) is 2. The smallest absolute Gasteiger partial charge is 0.293 e. The van der Waals surface area contributed by atoms with E-state index >= 15 is 0 Å². The molecule has 1 atom stereocenters. The van der Waals surface area contributed by atoms with E-state index in [4.69, 9.17) is 21.1 Å². The number of carbonyl (C=O) groups is 1. The molecule has 1 unspecified atom stereocenters. The molecule has 0 spiro atoms. The molecule has 0 aliphatic carbocycles. The molecule has 11 heteroatoms. The van der Waals surface area contributed by atoms with Gasteiger partial charge in [-0.2, -0.15) is 4.98 Å². The number of anilines is 3. The van der Waals surface area contributed by atoms with Gasteiger partial charge in [-0.05, 0) is 38.1 Å². The average molecular weight is 487 g/mol. The summed E-state index contributed by atoms with van der Waals surface area (Å²) < 4.78 is 12.7. The number of nitrogens with zero attached hydrogens (tertiary/aromatic N) is 4. The van der Waals surface area contributed by atoms with E-state index in [9.17, 15) is 9.59 Å². The molecule has 3 aromatic rings. The van der Waals surface area contributed by atoms with E-state index in [1.54, 1.807) is 16.8 Å². The molecule has 34 heavy (non-hydrogen) atoms. The van der Waals surface area contributed by atoms with Crippen molar-refractivity contribution in [2.24, 2.45) is 0 Å². The van der Waals surface area contributed by atoms with Crippen molar-refractivity contribution < 1.29 is 14.3 Å². The SMILES string of the molecule is CCn1c(=O)c(OCC(=O)NC)cc2cc(Nc3nc(N4CCOC(C)C4)ncc3Cl)ccc21. The molecule has 4 rings (SSSR count). The second kappa shape index (κ2) is 10.3. The zero-order chi connectivity index (χ0) is 24.2. The first-order chi connectivity index (χ1) is 16.4. The summed E-state index contributed by atoms with van der Waals surface area (Å²) in [5, 5.41) is 6.88. The highest BCUT2D eigenvalue weighted by atomic mass is 35.5. The van der Waals surface area contributed by atoms with Crippen LogP contribution in [0.1, 0.15) is 13.8 Å². The minimum absolute atomic E-state index is 0.0981. The number of amides is 1. The molecule has 1 aliphatic rings.